The van der Waals surface area contributed by atoms with Crippen molar-refractivity contribution in [3.63, 3.8) is 0 Å². The van der Waals surface area contributed by atoms with E-state index in [2.05, 4.69) is 0 Å². The largest absolute Gasteiger partial charge is 0.483 e. The van der Waals surface area contributed by atoms with Gasteiger partial charge in [0, 0.05) is 5.02 Å². The fourth-order valence-corrected chi connectivity index (χ4v) is 2.27. The topological polar surface area (TPSA) is 39.4 Å². The van der Waals surface area contributed by atoms with Crippen LogP contribution >= 0.6 is 34.8 Å². The molecule has 6 heteroatoms. The van der Waals surface area contributed by atoms with Crippen LogP contribution < -0.4 is 4.74 Å². The van der Waals surface area contributed by atoms with Gasteiger partial charge in [0.15, 0.2) is 17.8 Å². The molecule has 2 rings (SSSR count). The molecule has 1 aromatic heterocycles. The molecule has 0 aliphatic heterocycles. The zero-order chi connectivity index (χ0) is 13.1. The van der Waals surface area contributed by atoms with Crippen molar-refractivity contribution in [2.45, 2.75) is 6.61 Å². The molecule has 1 heterocycles. The van der Waals surface area contributed by atoms with Crippen molar-refractivity contribution < 1.29 is 13.9 Å². The Morgan fingerprint density at radius 1 is 1.17 bits per heavy atom. The Kier molecular flexibility index (Phi) is 4.17. The van der Waals surface area contributed by atoms with E-state index in [4.69, 9.17) is 44.0 Å². The van der Waals surface area contributed by atoms with Crippen molar-refractivity contribution in [2.24, 2.45) is 0 Å². The third-order valence-corrected chi connectivity index (χ3v) is 2.90. The lowest BCUT2D eigenvalue weighted by molar-refractivity contribution is 0.109. The van der Waals surface area contributed by atoms with Crippen molar-refractivity contribution >= 4 is 41.1 Å². The molecule has 0 bridgehead atoms. The third-order valence-electron chi connectivity index (χ3n) is 2.12. The number of ether oxygens (including phenoxy) is 1. The molecule has 0 N–H and O–H groups in total. The lowest BCUT2D eigenvalue weighted by Crippen LogP contribution is -1.95. The summed E-state index contributed by atoms with van der Waals surface area (Å²) in [5, 5.41) is 1.06. The summed E-state index contributed by atoms with van der Waals surface area (Å²) in [4.78, 5) is 10.4. The summed E-state index contributed by atoms with van der Waals surface area (Å²) in [6.45, 7) is 0.120. The molecule has 0 unspecified atom stereocenters. The van der Waals surface area contributed by atoms with Crippen LogP contribution in [0.1, 0.15) is 16.3 Å². The smallest absolute Gasteiger partial charge is 0.185 e. The van der Waals surface area contributed by atoms with E-state index in [0.717, 1.165) is 0 Å². The number of aldehydes is 1. The maximum absolute atomic E-state index is 10.4. The molecule has 0 fully saturated rings. The highest BCUT2D eigenvalue weighted by atomic mass is 35.5. The molecule has 0 radical (unpaired) electrons. The fraction of sp³-hybridized carbons (Fsp3) is 0.0833. The molecule has 0 spiro atoms. The molecule has 1 aromatic carbocycles. The second kappa shape index (κ2) is 5.65. The quantitative estimate of drug-likeness (QED) is 0.773. The van der Waals surface area contributed by atoms with E-state index in [1.165, 1.54) is 12.1 Å². The van der Waals surface area contributed by atoms with Crippen molar-refractivity contribution in [1.29, 1.82) is 0 Å². The molecule has 0 aliphatic carbocycles. The molecule has 0 atom stereocenters. The van der Waals surface area contributed by atoms with Gasteiger partial charge in [-0.1, -0.05) is 34.8 Å². The molecular weight excluding hydrogens is 298 g/mol. The van der Waals surface area contributed by atoms with Crippen LogP contribution in [-0.2, 0) is 6.61 Å². The predicted molar refractivity (Wildman–Crippen MR) is 69.9 cm³/mol. The van der Waals surface area contributed by atoms with Gasteiger partial charge in [0.05, 0.1) is 10.0 Å². The molecule has 0 saturated carbocycles. The lowest BCUT2D eigenvalue weighted by atomic mass is 10.3. The Bertz CT molecular complexity index is 555. The summed E-state index contributed by atoms with van der Waals surface area (Å²) in [6.07, 6.45) is 0.617. The molecular formula is C12H7Cl3O3. The van der Waals surface area contributed by atoms with Crippen LogP contribution in [0.15, 0.2) is 28.7 Å². The van der Waals surface area contributed by atoms with Gasteiger partial charge in [0.1, 0.15) is 12.4 Å². The number of carbonyl (C=O) groups is 1. The van der Waals surface area contributed by atoms with Crippen LogP contribution in [0.5, 0.6) is 5.75 Å². The van der Waals surface area contributed by atoms with E-state index in [-0.39, 0.29) is 12.4 Å². The molecule has 0 aliphatic rings. The minimum absolute atomic E-state index is 0.120. The van der Waals surface area contributed by atoms with Crippen molar-refractivity contribution in [3.05, 3.63) is 50.9 Å². The van der Waals surface area contributed by atoms with E-state index >= 15 is 0 Å². The van der Waals surface area contributed by atoms with E-state index < -0.39 is 0 Å². The lowest BCUT2D eigenvalue weighted by Gasteiger charge is -2.08. The van der Waals surface area contributed by atoms with E-state index in [9.17, 15) is 4.79 Å². The van der Waals surface area contributed by atoms with Gasteiger partial charge in [0.2, 0.25) is 0 Å². The summed E-state index contributed by atoms with van der Waals surface area (Å²) in [7, 11) is 0. The van der Waals surface area contributed by atoms with Crippen molar-refractivity contribution in [2.75, 3.05) is 0 Å². The minimum atomic E-state index is 0.120. The highest BCUT2D eigenvalue weighted by molar-refractivity contribution is 6.40. The molecule has 18 heavy (non-hydrogen) atoms. The van der Waals surface area contributed by atoms with Crippen LogP contribution in [0.4, 0.5) is 0 Å². The molecule has 2 aromatic rings. The van der Waals surface area contributed by atoms with Crippen LogP contribution in [-0.4, -0.2) is 6.29 Å². The van der Waals surface area contributed by atoms with Crippen molar-refractivity contribution in [1.82, 2.24) is 0 Å². The number of furan rings is 1. The van der Waals surface area contributed by atoms with Gasteiger partial charge >= 0.3 is 0 Å². The Morgan fingerprint density at radius 3 is 2.39 bits per heavy atom. The monoisotopic (exact) mass is 304 g/mol. The number of carbonyl (C=O) groups excluding carboxylic acids is 1. The molecule has 94 valence electrons. The second-order valence-corrected chi connectivity index (χ2v) is 4.66. The maximum Gasteiger partial charge on any atom is 0.185 e. The first-order valence-electron chi connectivity index (χ1n) is 4.91. The predicted octanol–water partition coefficient (Wildman–Crippen LogP) is 4.63. The Hall–Kier alpha value is -1.16. The van der Waals surface area contributed by atoms with Gasteiger partial charge in [-0.25, -0.2) is 0 Å². The molecule has 0 saturated heterocycles. The summed E-state index contributed by atoms with van der Waals surface area (Å²) in [5.41, 5.74) is 0. The number of benzene rings is 1. The van der Waals surface area contributed by atoms with Crippen LogP contribution in [0, 0.1) is 0 Å². The van der Waals surface area contributed by atoms with Crippen LogP contribution in [0.3, 0.4) is 0 Å². The Labute approximate surface area is 118 Å². The highest BCUT2D eigenvalue weighted by Gasteiger charge is 2.10. The van der Waals surface area contributed by atoms with E-state index in [0.29, 0.717) is 32.9 Å². The third kappa shape index (κ3) is 2.99. The molecule has 3 nitrogen and oxygen atoms in total. The maximum atomic E-state index is 10.4. The van der Waals surface area contributed by atoms with Gasteiger partial charge in [0.25, 0.3) is 0 Å². The fourth-order valence-electron chi connectivity index (χ4n) is 1.35. The number of halogens is 3. The van der Waals surface area contributed by atoms with Crippen LogP contribution in [0.25, 0.3) is 0 Å². The summed E-state index contributed by atoms with van der Waals surface area (Å²) < 4.78 is 10.6. The standard InChI is InChI=1S/C12H7Cl3O3/c13-7-3-10(14)12(11(15)4-7)17-6-9-2-1-8(5-16)18-9/h1-5H,6H2. The minimum Gasteiger partial charge on any atom is -0.483 e. The van der Waals surface area contributed by atoms with Gasteiger partial charge in [-0.05, 0) is 24.3 Å². The average molecular weight is 306 g/mol. The van der Waals surface area contributed by atoms with E-state index in [1.54, 1.807) is 12.1 Å². The van der Waals surface area contributed by atoms with Crippen molar-refractivity contribution in [3.8, 4) is 5.75 Å². The van der Waals surface area contributed by atoms with Gasteiger partial charge in [-0.2, -0.15) is 0 Å². The first-order chi connectivity index (χ1) is 8.60. The first-order valence-corrected chi connectivity index (χ1v) is 6.05. The average Bonchev–Trinajstić information content (AvgIpc) is 2.75. The number of hydrogen-bond donors (Lipinski definition) is 0. The molecule has 0 amide bonds. The summed E-state index contributed by atoms with van der Waals surface area (Å²) in [6, 6.07) is 6.25. The Morgan fingerprint density at radius 2 is 1.83 bits per heavy atom. The number of hydrogen-bond acceptors (Lipinski definition) is 3. The zero-order valence-electron chi connectivity index (χ0n) is 8.95. The van der Waals surface area contributed by atoms with E-state index in [1.807, 2.05) is 0 Å². The summed E-state index contributed by atoms with van der Waals surface area (Å²) >= 11 is 17.7. The van der Waals surface area contributed by atoms with Gasteiger partial charge < -0.3 is 9.15 Å². The Balaban J connectivity index is 2.12. The number of rotatable bonds is 4. The first kappa shape index (κ1) is 13.3. The van der Waals surface area contributed by atoms with Crippen LogP contribution in [0.2, 0.25) is 15.1 Å². The van der Waals surface area contributed by atoms with Gasteiger partial charge in [-0.15, -0.1) is 0 Å². The second-order valence-electron chi connectivity index (χ2n) is 3.41. The highest BCUT2D eigenvalue weighted by Crippen LogP contribution is 2.36. The zero-order valence-corrected chi connectivity index (χ0v) is 11.2. The van der Waals surface area contributed by atoms with Gasteiger partial charge in [-0.3, -0.25) is 4.79 Å². The SMILES string of the molecule is O=Cc1ccc(COc2c(Cl)cc(Cl)cc2Cl)o1. The normalized spacial score (nSPS) is 10.4. The summed E-state index contributed by atoms with van der Waals surface area (Å²) in [5.74, 6) is 1.06.